The molecule has 33 heavy (non-hydrogen) atoms. The first-order chi connectivity index (χ1) is 16.0. The fourth-order valence-electron chi connectivity index (χ4n) is 3.15. The zero-order valence-electron chi connectivity index (χ0n) is 18.0. The van der Waals surface area contributed by atoms with E-state index in [0.717, 1.165) is 30.5 Å². The minimum Gasteiger partial charge on any atom is -0.493 e. The van der Waals surface area contributed by atoms with Crippen molar-refractivity contribution in [2.45, 2.75) is 6.42 Å². The molecule has 0 fully saturated rings. The number of carboxylic acids is 2. The van der Waals surface area contributed by atoms with Crippen LogP contribution in [0, 0.1) is 0 Å². The molecular weight excluding hydrogens is 418 g/mol. The Kier molecular flexibility index (Phi) is 8.42. The molecule has 0 aromatic heterocycles. The summed E-state index contributed by atoms with van der Waals surface area (Å²) in [5.41, 5.74) is 1.12. The lowest BCUT2D eigenvalue weighted by atomic mass is 10.1. The molecule has 0 aliphatic rings. The molecule has 0 spiro atoms. The van der Waals surface area contributed by atoms with Crippen LogP contribution in [-0.2, 0) is 0 Å². The number of hydrogen-bond donors (Lipinski definition) is 3. The second-order valence-electron chi connectivity index (χ2n) is 7.16. The molecule has 0 radical (unpaired) electrons. The Morgan fingerprint density at radius 1 is 0.727 bits per heavy atom. The van der Waals surface area contributed by atoms with E-state index in [1.807, 2.05) is 36.4 Å². The molecule has 6 nitrogen and oxygen atoms in total. The standard InChI is InChI=1S/C19H19NO.C8H6O4/c1-2-10-17(11-3-1)20-14-7-15-21-19-13-6-9-16-8-4-5-12-18(16)19;9-7(10)5-2-1-3-6(4-5)8(11)12/h1-6,8-13,20H,7,14-15H2;1-4H,(H,9,10)(H,11,12). The van der Waals surface area contributed by atoms with Gasteiger partial charge in [0.1, 0.15) is 5.75 Å². The maximum Gasteiger partial charge on any atom is 0.335 e. The summed E-state index contributed by atoms with van der Waals surface area (Å²) < 4.78 is 5.92. The second-order valence-corrected chi connectivity index (χ2v) is 7.16. The van der Waals surface area contributed by atoms with Gasteiger partial charge in [-0.2, -0.15) is 0 Å². The molecule has 0 atom stereocenters. The number of ether oxygens (including phenoxy) is 1. The monoisotopic (exact) mass is 443 g/mol. The summed E-state index contributed by atoms with van der Waals surface area (Å²) in [5.74, 6) is -1.29. The van der Waals surface area contributed by atoms with Gasteiger partial charge in [0.15, 0.2) is 0 Å². The van der Waals surface area contributed by atoms with Crippen LogP contribution in [0.4, 0.5) is 5.69 Å². The Hall–Kier alpha value is -4.32. The number of rotatable bonds is 8. The van der Waals surface area contributed by atoms with E-state index in [1.165, 1.54) is 29.0 Å². The van der Waals surface area contributed by atoms with Crippen molar-refractivity contribution in [2.75, 3.05) is 18.5 Å². The third-order valence-electron chi connectivity index (χ3n) is 4.79. The van der Waals surface area contributed by atoms with Crippen molar-refractivity contribution in [3.8, 4) is 5.75 Å². The van der Waals surface area contributed by atoms with E-state index in [-0.39, 0.29) is 11.1 Å². The topological polar surface area (TPSA) is 95.9 Å². The summed E-state index contributed by atoms with van der Waals surface area (Å²) in [4.78, 5) is 20.8. The van der Waals surface area contributed by atoms with Crippen molar-refractivity contribution in [1.82, 2.24) is 0 Å². The predicted molar refractivity (Wildman–Crippen MR) is 129 cm³/mol. The molecular formula is C27H25NO5. The van der Waals surface area contributed by atoms with E-state index in [0.29, 0.717) is 6.61 Å². The Morgan fingerprint density at radius 2 is 1.33 bits per heavy atom. The highest BCUT2D eigenvalue weighted by Crippen LogP contribution is 2.25. The smallest absolute Gasteiger partial charge is 0.335 e. The molecule has 168 valence electrons. The Morgan fingerprint density at radius 3 is 2.03 bits per heavy atom. The fourth-order valence-corrected chi connectivity index (χ4v) is 3.15. The van der Waals surface area contributed by atoms with Gasteiger partial charge in [-0.25, -0.2) is 9.59 Å². The molecule has 0 heterocycles. The van der Waals surface area contributed by atoms with E-state index < -0.39 is 11.9 Å². The lowest BCUT2D eigenvalue weighted by Gasteiger charge is -2.10. The van der Waals surface area contributed by atoms with Crippen molar-refractivity contribution < 1.29 is 24.5 Å². The first-order valence-corrected chi connectivity index (χ1v) is 10.5. The van der Waals surface area contributed by atoms with Crippen molar-refractivity contribution in [3.63, 3.8) is 0 Å². The molecule has 3 N–H and O–H groups in total. The van der Waals surface area contributed by atoms with Crippen LogP contribution in [0.25, 0.3) is 10.8 Å². The molecule has 0 amide bonds. The van der Waals surface area contributed by atoms with Gasteiger partial charge in [0.2, 0.25) is 0 Å². The Balaban J connectivity index is 0.000000218. The number of aromatic carboxylic acids is 2. The summed E-state index contributed by atoms with van der Waals surface area (Å²) in [7, 11) is 0. The number of para-hydroxylation sites is 1. The van der Waals surface area contributed by atoms with Gasteiger partial charge >= 0.3 is 11.9 Å². The van der Waals surface area contributed by atoms with Crippen LogP contribution in [-0.4, -0.2) is 35.3 Å². The average Bonchev–Trinajstić information content (AvgIpc) is 2.85. The van der Waals surface area contributed by atoms with E-state index in [1.54, 1.807) is 0 Å². The number of benzene rings is 4. The summed E-state index contributed by atoms with van der Waals surface area (Å²) in [5, 5.41) is 22.8. The molecule has 0 bridgehead atoms. The Bertz CT molecular complexity index is 1170. The van der Waals surface area contributed by atoms with Crippen molar-refractivity contribution in [3.05, 3.63) is 108 Å². The lowest BCUT2D eigenvalue weighted by molar-refractivity contribution is 0.0696. The zero-order valence-corrected chi connectivity index (χ0v) is 18.0. The van der Waals surface area contributed by atoms with E-state index in [2.05, 4.69) is 41.7 Å². The fraction of sp³-hybridized carbons (Fsp3) is 0.111. The van der Waals surface area contributed by atoms with Crippen molar-refractivity contribution in [2.24, 2.45) is 0 Å². The van der Waals surface area contributed by atoms with Crippen LogP contribution in [0.5, 0.6) is 5.75 Å². The third kappa shape index (κ3) is 7.11. The minimum absolute atomic E-state index is 0.0186. The quantitative estimate of drug-likeness (QED) is 0.298. The molecule has 0 aliphatic carbocycles. The van der Waals surface area contributed by atoms with Crippen LogP contribution in [0.2, 0.25) is 0 Å². The highest BCUT2D eigenvalue weighted by molar-refractivity contribution is 5.93. The number of fused-ring (bicyclic) bond motifs is 1. The SMILES string of the molecule is O=C(O)c1cccc(C(=O)O)c1.c1ccc(NCCCOc2cccc3ccccc23)cc1. The molecule has 4 aromatic rings. The van der Waals surface area contributed by atoms with Gasteiger partial charge in [0.05, 0.1) is 17.7 Å². The van der Waals surface area contributed by atoms with Gasteiger partial charge in [-0.15, -0.1) is 0 Å². The maximum atomic E-state index is 10.4. The summed E-state index contributed by atoms with van der Waals surface area (Å²) in [6.45, 7) is 1.63. The summed E-state index contributed by atoms with van der Waals surface area (Å²) >= 11 is 0. The molecule has 0 saturated heterocycles. The number of anilines is 1. The number of hydrogen-bond acceptors (Lipinski definition) is 4. The Labute approximate surface area is 192 Å². The molecule has 4 rings (SSSR count). The van der Waals surface area contributed by atoms with Crippen molar-refractivity contribution >= 4 is 28.4 Å². The number of nitrogens with one attached hydrogen (secondary N) is 1. The highest BCUT2D eigenvalue weighted by atomic mass is 16.5. The van der Waals surface area contributed by atoms with E-state index in [4.69, 9.17) is 14.9 Å². The summed E-state index contributed by atoms with van der Waals surface area (Å²) in [6, 6.07) is 29.9. The van der Waals surface area contributed by atoms with Crippen LogP contribution in [0.1, 0.15) is 27.1 Å². The lowest BCUT2D eigenvalue weighted by Crippen LogP contribution is -2.07. The zero-order chi connectivity index (χ0) is 23.5. The van der Waals surface area contributed by atoms with Crippen LogP contribution in [0.15, 0.2) is 97.1 Å². The second kappa shape index (κ2) is 11.9. The third-order valence-corrected chi connectivity index (χ3v) is 4.79. The average molecular weight is 443 g/mol. The van der Waals surface area contributed by atoms with E-state index >= 15 is 0 Å². The minimum atomic E-state index is -1.13. The van der Waals surface area contributed by atoms with Crippen molar-refractivity contribution in [1.29, 1.82) is 0 Å². The van der Waals surface area contributed by atoms with E-state index in [9.17, 15) is 9.59 Å². The first kappa shape index (κ1) is 23.3. The molecule has 0 aliphatic heterocycles. The van der Waals surface area contributed by atoms with Gasteiger partial charge in [0, 0.05) is 17.6 Å². The largest absolute Gasteiger partial charge is 0.493 e. The maximum absolute atomic E-state index is 10.4. The predicted octanol–water partition coefficient (Wildman–Crippen LogP) is 5.80. The van der Waals surface area contributed by atoms with Gasteiger partial charge < -0.3 is 20.3 Å². The number of carboxylic acid groups (broad SMARTS) is 2. The van der Waals surface area contributed by atoms with Gasteiger partial charge in [-0.3, -0.25) is 0 Å². The van der Waals surface area contributed by atoms with Crippen LogP contribution < -0.4 is 10.1 Å². The van der Waals surface area contributed by atoms with Gasteiger partial charge in [-0.05, 0) is 48.2 Å². The summed E-state index contributed by atoms with van der Waals surface area (Å²) in [6.07, 6.45) is 0.970. The molecule has 6 heteroatoms. The van der Waals surface area contributed by atoms with Gasteiger partial charge in [0.25, 0.3) is 0 Å². The molecule has 4 aromatic carbocycles. The van der Waals surface area contributed by atoms with Gasteiger partial charge in [-0.1, -0.05) is 60.7 Å². The highest BCUT2D eigenvalue weighted by Gasteiger charge is 2.06. The molecule has 0 unspecified atom stereocenters. The van der Waals surface area contributed by atoms with Crippen LogP contribution >= 0.6 is 0 Å². The normalized spacial score (nSPS) is 10.1. The number of carbonyl (C=O) groups is 2. The van der Waals surface area contributed by atoms with Crippen LogP contribution in [0.3, 0.4) is 0 Å². The molecule has 0 saturated carbocycles. The first-order valence-electron chi connectivity index (χ1n) is 10.5.